The summed E-state index contributed by atoms with van der Waals surface area (Å²) in [5.74, 6) is 1.13. The number of nitrogens with zero attached hydrogens (tertiary/aromatic N) is 1. The number of hydrogen-bond acceptors (Lipinski definition) is 9. The second kappa shape index (κ2) is 11.5. The second-order valence-electron chi connectivity index (χ2n) is 7.23. The van der Waals surface area contributed by atoms with Crippen LogP contribution in [0.1, 0.15) is 19.8 Å². The van der Waals surface area contributed by atoms with Gasteiger partial charge in [0.05, 0.1) is 23.4 Å². The lowest BCUT2D eigenvalue weighted by Crippen LogP contribution is -2.25. The highest BCUT2D eigenvalue weighted by atomic mass is 32.2. The molecule has 1 N–H and O–H groups in total. The fourth-order valence-electron chi connectivity index (χ4n) is 3.10. The van der Waals surface area contributed by atoms with Gasteiger partial charge in [-0.1, -0.05) is 11.8 Å². The molecular formula is C23H24N2O6S2. The molecule has 1 amide bonds. The Morgan fingerprint density at radius 3 is 2.67 bits per heavy atom. The third kappa shape index (κ3) is 7.16. The van der Waals surface area contributed by atoms with Gasteiger partial charge in [-0.05, 0) is 48.9 Å². The molecule has 174 valence electrons. The van der Waals surface area contributed by atoms with Gasteiger partial charge in [0.1, 0.15) is 11.5 Å². The first-order chi connectivity index (χ1) is 16.0. The van der Waals surface area contributed by atoms with Crippen LogP contribution in [-0.4, -0.2) is 48.7 Å². The zero-order chi connectivity index (χ0) is 23.0. The Morgan fingerprint density at radius 1 is 1.15 bits per heavy atom. The molecule has 1 aromatic heterocycles. The number of amides is 1. The minimum atomic E-state index is -0.393. The smallest absolute Gasteiger partial charge is 0.308 e. The first-order valence-electron chi connectivity index (χ1n) is 10.5. The Morgan fingerprint density at radius 2 is 1.91 bits per heavy atom. The Balaban J connectivity index is 1.25. The van der Waals surface area contributed by atoms with Crippen LogP contribution in [0.5, 0.6) is 11.5 Å². The predicted molar refractivity (Wildman–Crippen MR) is 127 cm³/mol. The molecule has 0 bridgehead atoms. The fourth-order valence-corrected chi connectivity index (χ4v) is 5.24. The zero-order valence-corrected chi connectivity index (χ0v) is 19.7. The largest absolute Gasteiger partial charge is 0.484 e. The Hall–Kier alpha value is -2.66. The van der Waals surface area contributed by atoms with E-state index in [1.54, 1.807) is 47.4 Å². The summed E-state index contributed by atoms with van der Waals surface area (Å²) in [7, 11) is 0. The highest BCUT2D eigenvalue weighted by Gasteiger charge is 2.15. The van der Waals surface area contributed by atoms with E-state index in [-0.39, 0.29) is 18.8 Å². The van der Waals surface area contributed by atoms with Gasteiger partial charge in [0.2, 0.25) is 0 Å². The predicted octanol–water partition coefficient (Wildman–Crippen LogP) is 4.48. The average Bonchev–Trinajstić information content (AvgIpc) is 3.21. The van der Waals surface area contributed by atoms with E-state index in [1.807, 2.05) is 18.2 Å². The van der Waals surface area contributed by atoms with Gasteiger partial charge in [0.25, 0.3) is 5.91 Å². The van der Waals surface area contributed by atoms with E-state index in [0.717, 1.165) is 46.4 Å². The third-order valence-electron chi connectivity index (χ3n) is 4.58. The number of benzene rings is 2. The molecule has 1 fully saturated rings. The number of carbonyl (C=O) groups excluding carboxylic acids is 2. The van der Waals surface area contributed by atoms with Crippen LogP contribution >= 0.6 is 23.1 Å². The standard InChI is InChI=1S/C23H24N2O6S2/c1-15(26)31-18-6-4-17(5-7-18)30-14-21(27)24-16-3-8-19-20(13-16)33-23(25-19)32-12-9-22-28-10-2-11-29-22/h3-8,13,22H,2,9-12,14H2,1H3,(H,24,27). The average molecular weight is 489 g/mol. The van der Waals surface area contributed by atoms with Crippen LogP contribution in [0.25, 0.3) is 10.2 Å². The molecule has 8 nitrogen and oxygen atoms in total. The molecule has 3 aromatic rings. The Labute approximate surface area is 199 Å². The van der Waals surface area contributed by atoms with Crippen molar-refractivity contribution in [3.05, 3.63) is 42.5 Å². The number of esters is 1. The lowest BCUT2D eigenvalue weighted by molar-refractivity contribution is -0.178. The molecule has 1 aliphatic heterocycles. The van der Waals surface area contributed by atoms with Crippen molar-refractivity contribution in [3.63, 3.8) is 0 Å². The van der Waals surface area contributed by atoms with Crippen molar-refractivity contribution in [3.8, 4) is 11.5 Å². The van der Waals surface area contributed by atoms with E-state index in [4.69, 9.17) is 18.9 Å². The molecule has 1 aliphatic rings. The van der Waals surface area contributed by atoms with Crippen molar-refractivity contribution < 1.29 is 28.5 Å². The highest BCUT2D eigenvalue weighted by molar-refractivity contribution is 8.01. The second-order valence-corrected chi connectivity index (χ2v) is 9.60. The van der Waals surface area contributed by atoms with Crippen molar-refractivity contribution in [2.75, 3.05) is 30.9 Å². The number of thiazole rings is 1. The monoisotopic (exact) mass is 488 g/mol. The summed E-state index contributed by atoms with van der Waals surface area (Å²) in [6.07, 6.45) is 1.67. The van der Waals surface area contributed by atoms with Crippen molar-refractivity contribution in [1.82, 2.24) is 4.98 Å². The summed E-state index contributed by atoms with van der Waals surface area (Å²) in [6.45, 7) is 2.72. The van der Waals surface area contributed by atoms with Crippen molar-refractivity contribution in [2.24, 2.45) is 0 Å². The SMILES string of the molecule is CC(=O)Oc1ccc(OCC(=O)Nc2ccc3nc(SCCC4OCCCO4)sc3c2)cc1. The van der Waals surface area contributed by atoms with Gasteiger partial charge in [0.15, 0.2) is 17.2 Å². The molecule has 4 rings (SSSR count). The zero-order valence-electron chi connectivity index (χ0n) is 18.1. The Kier molecular flexibility index (Phi) is 8.16. The summed E-state index contributed by atoms with van der Waals surface area (Å²) >= 11 is 3.27. The van der Waals surface area contributed by atoms with E-state index in [1.165, 1.54) is 6.92 Å². The molecule has 0 atom stereocenters. The van der Waals surface area contributed by atoms with Gasteiger partial charge in [-0.15, -0.1) is 11.3 Å². The number of hydrogen-bond donors (Lipinski definition) is 1. The summed E-state index contributed by atoms with van der Waals surface area (Å²) in [5, 5.41) is 2.84. The van der Waals surface area contributed by atoms with E-state index in [2.05, 4.69) is 10.3 Å². The topological polar surface area (TPSA) is 96.0 Å². The minimum Gasteiger partial charge on any atom is -0.484 e. The van der Waals surface area contributed by atoms with Crippen molar-refractivity contribution in [2.45, 2.75) is 30.4 Å². The molecule has 33 heavy (non-hydrogen) atoms. The molecule has 0 radical (unpaired) electrons. The quantitative estimate of drug-likeness (QED) is 0.268. The fraction of sp³-hybridized carbons (Fsp3) is 0.348. The number of carbonyl (C=O) groups is 2. The lowest BCUT2D eigenvalue weighted by atomic mass is 10.3. The summed E-state index contributed by atoms with van der Waals surface area (Å²) in [4.78, 5) is 27.9. The van der Waals surface area contributed by atoms with Crippen LogP contribution in [0.15, 0.2) is 46.8 Å². The van der Waals surface area contributed by atoms with Gasteiger partial charge in [-0.3, -0.25) is 9.59 Å². The molecule has 10 heteroatoms. The maximum absolute atomic E-state index is 12.3. The maximum Gasteiger partial charge on any atom is 0.308 e. The van der Waals surface area contributed by atoms with Crippen LogP contribution in [0.2, 0.25) is 0 Å². The van der Waals surface area contributed by atoms with Crippen LogP contribution in [0.4, 0.5) is 5.69 Å². The molecule has 0 spiro atoms. The number of fused-ring (bicyclic) bond motifs is 1. The van der Waals surface area contributed by atoms with Crippen molar-refractivity contribution in [1.29, 1.82) is 0 Å². The van der Waals surface area contributed by atoms with Gasteiger partial charge >= 0.3 is 5.97 Å². The molecule has 0 aliphatic carbocycles. The van der Waals surface area contributed by atoms with E-state index in [9.17, 15) is 9.59 Å². The van der Waals surface area contributed by atoms with E-state index in [0.29, 0.717) is 17.2 Å². The highest BCUT2D eigenvalue weighted by Crippen LogP contribution is 2.32. The number of anilines is 1. The number of nitrogens with one attached hydrogen (secondary N) is 1. The summed E-state index contributed by atoms with van der Waals surface area (Å²) in [5.41, 5.74) is 1.58. The van der Waals surface area contributed by atoms with Gasteiger partial charge in [-0.25, -0.2) is 4.98 Å². The first kappa shape index (κ1) is 23.5. The molecule has 2 aromatic carbocycles. The van der Waals surface area contributed by atoms with E-state index < -0.39 is 5.97 Å². The summed E-state index contributed by atoms with van der Waals surface area (Å²) < 4.78 is 23.6. The minimum absolute atomic E-state index is 0.114. The van der Waals surface area contributed by atoms with Crippen LogP contribution < -0.4 is 14.8 Å². The molecule has 1 saturated heterocycles. The molecule has 0 unspecified atom stereocenters. The normalized spacial score (nSPS) is 14.2. The number of rotatable bonds is 9. The molecular weight excluding hydrogens is 464 g/mol. The maximum atomic E-state index is 12.3. The van der Waals surface area contributed by atoms with E-state index >= 15 is 0 Å². The third-order valence-corrected chi connectivity index (χ3v) is 6.78. The van der Waals surface area contributed by atoms with Gasteiger partial charge in [0, 0.05) is 24.8 Å². The molecule has 0 saturated carbocycles. The number of ether oxygens (including phenoxy) is 4. The van der Waals surface area contributed by atoms with Crippen LogP contribution in [0.3, 0.4) is 0 Å². The summed E-state index contributed by atoms with van der Waals surface area (Å²) in [6, 6.07) is 12.1. The van der Waals surface area contributed by atoms with Gasteiger partial charge < -0.3 is 24.3 Å². The number of aromatic nitrogens is 1. The van der Waals surface area contributed by atoms with Crippen LogP contribution in [-0.2, 0) is 19.1 Å². The van der Waals surface area contributed by atoms with Gasteiger partial charge in [-0.2, -0.15) is 0 Å². The molecule has 2 heterocycles. The van der Waals surface area contributed by atoms with Crippen LogP contribution in [0, 0.1) is 0 Å². The van der Waals surface area contributed by atoms with Crippen molar-refractivity contribution >= 4 is 50.9 Å². The Bertz CT molecular complexity index is 1100. The first-order valence-corrected chi connectivity index (χ1v) is 12.3. The lowest BCUT2D eigenvalue weighted by Gasteiger charge is -2.22. The number of thioether (sulfide) groups is 1.